The molecule has 0 saturated heterocycles. The molecule has 1 unspecified atom stereocenters. The van der Waals surface area contributed by atoms with Crippen LogP contribution in [0.2, 0.25) is 10.0 Å². The van der Waals surface area contributed by atoms with Crippen LogP contribution in [0, 0.1) is 5.82 Å². The number of anilines is 1. The Hall–Kier alpha value is -2.00. The fourth-order valence-electron chi connectivity index (χ4n) is 2.11. The number of fused-ring (bicyclic) bond motifs is 1. The lowest BCUT2D eigenvalue weighted by molar-refractivity contribution is -0.125. The molecule has 3 aromatic rings. The molecular formula is C17H12Cl2FN3O2S2. The van der Waals surface area contributed by atoms with Crippen LogP contribution in [0.15, 0.2) is 36.4 Å². The summed E-state index contributed by atoms with van der Waals surface area (Å²) < 4.78 is 19.4. The van der Waals surface area contributed by atoms with E-state index in [0.29, 0.717) is 31.1 Å². The van der Waals surface area contributed by atoms with Gasteiger partial charge < -0.3 is 10.1 Å². The van der Waals surface area contributed by atoms with Gasteiger partial charge in [0.15, 0.2) is 16.3 Å². The van der Waals surface area contributed by atoms with Gasteiger partial charge in [-0.1, -0.05) is 34.5 Å². The summed E-state index contributed by atoms with van der Waals surface area (Å²) in [7, 11) is 0. The van der Waals surface area contributed by atoms with Gasteiger partial charge in [-0.3, -0.25) is 10.1 Å². The number of carbonyl (C=O) groups excluding carboxylic acids is 1. The Morgan fingerprint density at radius 1 is 1.30 bits per heavy atom. The Labute approximate surface area is 173 Å². The number of amides is 1. The third kappa shape index (κ3) is 5.04. The van der Waals surface area contributed by atoms with Crippen LogP contribution < -0.4 is 15.4 Å². The molecule has 2 N–H and O–H groups in total. The van der Waals surface area contributed by atoms with Gasteiger partial charge in [-0.25, -0.2) is 9.37 Å². The van der Waals surface area contributed by atoms with Gasteiger partial charge in [0.05, 0.1) is 15.2 Å². The van der Waals surface area contributed by atoms with Crippen molar-refractivity contribution in [2.45, 2.75) is 13.0 Å². The Morgan fingerprint density at radius 2 is 2.07 bits per heavy atom. The highest BCUT2D eigenvalue weighted by Gasteiger charge is 2.18. The lowest BCUT2D eigenvalue weighted by Crippen LogP contribution is -2.42. The highest BCUT2D eigenvalue weighted by atomic mass is 35.5. The van der Waals surface area contributed by atoms with E-state index in [1.807, 2.05) is 0 Å². The predicted molar refractivity (Wildman–Crippen MR) is 110 cm³/mol. The van der Waals surface area contributed by atoms with Gasteiger partial charge in [-0.15, -0.1) is 0 Å². The number of thiocarbonyl (C=S) groups is 1. The van der Waals surface area contributed by atoms with Crippen molar-refractivity contribution in [2.24, 2.45) is 0 Å². The lowest BCUT2D eigenvalue weighted by Gasteiger charge is -2.16. The van der Waals surface area contributed by atoms with Gasteiger partial charge in [0, 0.05) is 5.02 Å². The Balaban J connectivity index is 1.59. The minimum Gasteiger partial charge on any atom is -0.479 e. The summed E-state index contributed by atoms with van der Waals surface area (Å²) in [5, 5.41) is 6.57. The van der Waals surface area contributed by atoms with Crippen LogP contribution in [0.3, 0.4) is 0 Å². The van der Waals surface area contributed by atoms with E-state index in [-0.39, 0.29) is 10.9 Å². The van der Waals surface area contributed by atoms with Crippen LogP contribution in [0.5, 0.6) is 5.75 Å². The van der Waals surface area contributed by atoms with E-state index in [1.54, 1.807) is 25.1 Å². The summed E-state index contributed by atoms with van der Waals surface area (Å²) in [6, 6.07) is 8.98. The van der Waals surface area contributed by atoms with Crippen molar-refractivity contribution in [1.29, 1.82) is 0 Å². The molecule has 140 valence electrons. The number of carbonyl (C=O) groups is 1. The molecule has 0 spiro atoms. The molecule has 1 aromatic heterocycles. The van der Waals surface area contributed by atoms with E-state index in [2.05, 4.69) is 15.6 Å². The monoisotopic (exact) mass is 443 g/mol. The third-order valence-corrected chi connectivity index (χ3v) is 5.04. The number of hydrogen-bond donors (Lipinski definition) is 2. The van der Waals surface area contributed by atoms with Crippen LogP contribution >= 0.6 is 46.8 Å². The highest BCUT2D eigenvalue weighted by Crippen LogP contribution is 2.28. The second-order valence-corrected chi connectivity index (χ2v) is 7.69. The summed E-state index contributed by atoms with van der Waals surface area (Å²) in [5.74, 6) is -0.484. The molecule has 1 heterocycles. The quantitative estimate of drug-likeness (QED) is 0.554. The topological polar surface area (TPSA) is 63.2 Å². The highest BCUT2D eigenvalue weighted by molar-refractivity contribution is 7.80. The van der Waals surface area contributed by atoms with E-state index in [4.69, 9.17) is 40.2 Å². The van der Waals surface area contributed by atoms with Crippen molar-refractivity contribution in [2.75, 3.05) is 5.32 Å². The van der Waals surface area contributed by atoms with Crippen LogP contribution in [0.25, 0.3) is 10.2 Å². The molecule has 10 heteroatoms. The van der Waals surface area contributed by atoms with Crippen LogP contribution in [0.4, 0.5) is 9.52 Å². The van der Waals surface area contributed by atoms with Crippen molar-refractivity contribution in [3.8, 4) is 5.75 Å². The number of halogens is 3. The first-order chi connectivity index (χ1) is 12.8. The molecule has 1 amide bonds. The number of ether oxygens (including phenoxy) is 1. The van der Waals surface area contributed by atoms with Gasteiger partial charge in [0.1, 0.15) is 11.6 Å². The average Bonchev–Trinajstić information content (AvgIpc) is 2.98. The van der Waals surface area contributed by atoms with E-state index < -0.39 is 12.0 Å². The van der Waals surface area contributed by atoms with Gasteiger partial charge >= 0.3 is 0 Å². The van der Waals surface area contributed by atoms with Gasteiger partial charge in [-0.2, -0.15) is 0 Å². The molecule has 0 aliphatic heterocycles. The molecule has 1 atom stereocenters. The first-order valence-corrected chi connectivity index (χ1v) is 9.59. The molecule has 0 aliphatic carbocycles. The van der Waals surface area contributed by atoms with Crippen molar-refractivity contribution in [3.05, 3.63) is 52.3 Å². The Morgan fingerprint density at radius 3 is 2.81 bits per heavy atom. The maximum Gasteiger partial charge on any atom is 0.266 e. The van der Waals surface area contributed by atoms with Crippen molar-refractivity contribution < 1.29 is 13.9 Å². The fraction of sp³-hybridized carbons (Fsp3) is 0.118. The van der Waals surface area contributed by atoms with Crippen molar-refractivity contribution in [3.63, 3.8) is 0 Å². The molecule has 0 fully saturated rings. The molecular weight excluding hydrogens is 432 g/mol. The number of hydrogen-bond acceptors (Lipinski definition) is 5. The van der Waals surface area contributed by atoms with Crippen LogP contribution in [0.1, 0.15) is 6.92 Å². The Kier molecular flexibility index (Phi) is 6.11. The number of nitrogens with zero attached hydrogens (tertiary/aromatic N) is 1. The van der Waals surface area contributed by atoms with Crippen LogP contribution in [-0.4, -0.2) is 22.1 Å². The molecule has 3 rings (SSSR count). The van der Waals surface area contributed by atoms with E-state index in [1.165, 1.54) is 29.5 Å². The standard InChI is InChI=1S/C17H12Cl2FN3O2S2/c1-8(25-13-5-2-9(18)6-11(13)19)15(24)22-16(26)23-17-21-12-4-3-10(20)7-14(12)27-17/h2-8H,1H3,(H2,21,22,23,24,26). The van der Waals surface area contributed by atoms with Crippen molar-refractivity contribution in [1.82, 2.24) is 10.3 Å². The van der Waals surface area contributed by atoms with Gasteiger partial charge in [0.25, 0.3) is 5.91 Å². The van der Waals surface area contributed by atoms with Gasteiger partial charge in [-0.05, 0) is 55.5 Å². The number of nitrogens with one attached hydrogen (secondary N) is 2. The normalized spacial score (nSPS) is 11.9. The molecule has 0 aliphatic rings. The zero-order valence-electron chi connectivity index (χ0n) is 13.8. The molecule has 0 radical (unpaired) electrons. The lowest BCUT2D eigenvalue weighted by atomic mass is 10.3. The summed E-state index contributed by atoms with van der Waals surface area (Å²) in [4.78, 5) is 16.5. The van der Waals surface area contributed by atoms with E-state index >= 15 is 0 Å². The largest absolute Gasteiger partial charge is 0.479 e. The first kappa shape index (κ1) is 19.8. The summed E-state index contributed by atoms with van der Waals surface area (Å²) in [5.41, 5.74) is 0.632. The Bertz CT molecular complexity index is 1030. The summed E-state index contributed by atoms with van der Waals surface area (Å²) >= 11 is 18.2. The SMILES string of the molecule is CC(Oc1ccc(Cl)cc1Cl)C(=O)NC(=S)Nc1nc2ccc(F)cc2s1. The maximum absolute atomic E-state index is 13.2. The molecule has 5 nitrogen and oxygen atoms in total. The minimum atomic E-state index is -0.854. The predicted octanol–water partition coefficient (Wildman–Crippen LogP) is 5.02. The summed E-state index contributed by atoms with van der Waals surface area (Å²) in [6.45, 7) is 1.56. The van der Waals surface area contributed by atoms with E-state index in [9.17, 15) is 9.18 Å². The number of thiazole rings is 1. The smallest absolute Gasteiger partial charge is 0.266 e. The molecule has 0 saturated carbocycles. The minimum absolute atomic E-state index is 0.0529. The first-order valence-electron chi connectivity index (χ1n) is 7.61. The second-order valence-electron chi connectivity index (χ2n) is 5.41. The zero-order chi connectivity index (χ0) is 19.6. The molecule has 27 heavy (non-hydrogen) atoms. The molecule has 2 aromatic carbocycles. The number of aromatic nitrogens is 1. The maximum atomic E-state index is 13.2. The van der Waals surface area contributed by atoms with Crippen LogP contribution in [-0.2, 0) is 4.79 Å². The van der Waals surface area contributed by atoms with E-state index in [0.717, 1.165) is 0 Å². The second kappa shape index (κ2) is 8.35. The number of rotatable bonds is 4. The van der Waals surface area contributed by atoms with Gasteiger partial charge in [0.2, 0.25) is 0 Å². The third-order valence-electron chi connectivity index (χ3n) is 3.37. The number of benzene rings is 2. The van der Waals surface area contributed by atoms with Crippen molar-refractivity contribution >= 4 is 73.1 Å². The fourth-order valence-corrected chi connectivity index (χ4v) is 3.72. The summed E-state index contributed by atoms with van der Waals surface area (Å²) in [6.07, 6.45) is -0.854. The molecule has 0 bridgehead atoms. The zero-order valence-corrected chi connectivity index (χ0v) is 16.9. The average molecular weight is 444 g/mol.